The molecule has 1 amide bonds. The van der Waals surface area contributed by atoms with Crippen molar-refractivity contribution in [2.75, 3.05) is 0 Å². The van der Waals surface area contributed by atoms with E-state index in [0.717, 1.165) is 23.0 Å². The molecule has 1 aromatic heterocycles. The van der Waals surface area contributed by atoms with E-state index in [0.29, 0.717) is 11.6 Å². The van der Waals surface area contributed by atoms with Crippen molar-refractivity contribution in [3.8, 4) is 5.69 Å². The second-order valence-corrected chi connectivity index (χ2v) is 7.08. The zero-order valence-corrected chi connectivity index (χ0v) is 14.8. The second kappa shape index (κ2) is 7.77. The summed E-state index contributed by atoms with van der Waals surface area (Å²) in [7, 11) is 0. The molecule has 0 unspecified atom stereocenters. The molecule has 0 aliphatic heterocycles. The van der Waals surface area contributed by atoms with Gasteiger partial charge >= 0.3 is 0 Å². The van der Waals surface area contributed by atoms with E-state index in [-0.39, 0.29) is 5.91 Å². The van der Waals surface area contributed by atoms with Gasteiger partial charge in [0.1, 0.15) is 0 Å². The Hall–Kier alpha value is -1.62. The maximum Gasteiger partial charge on any atom is 0.254 e. The van der Waals surface area contributed by atoms with Gasteiger partial charge in [0.15, 0.2) is 0 Å². The van der Waals surface area contributed by atoms with Crippen LogP contribution in [0.3, 0.4) is 0 Å². The number of rotatable bonds is 3. The van der Waals surface area contributed by atoms with E-state index in [4.69, 9.17) is 0 Å². The number of nitrogens with one attached hydrogen (secondary N) is 1. The third-order valence-corrected chi connectivity index (χ3v) is 4.91. The van der Waals surface area contributed by atoms with Crippen LogP contribution < -0.4 is 5.32 Å². The summed E-state index contributed by atoms with van der Waals surface area (Å²) in [6, 6.07) is 8.16. The van der Waals surface area contributed by atoms with Crippen LogP contribution >= 0.6 is 15.9 Å². The van der Waals surface area contributed by atoms with Gasteiger partial charge < -0.3 is 5.32 Å². The molecule has 0 spiro atoms. The molecule has 122 valence electrons. The third-order valence-electron chi connectivity index (χ3n) is 4.38. The van der Waals surface area contributed by atoms with Crippen LogP contribution in [-0.4, -0.2) is 21.7 Å². The smallest absolute Gasteiger partial charge is 0.254 e. The van der Waals surface area contributed by atoms with E-state index in [1.54, 1.807) is 17.1 Å². The van der Waals surface area contributed by atoms with Crippen molar-refractivity contribution >= 4 is 21.8 Å². The molecule has 0 saturated heterocycles. The van der Waals surface area contributed by atoms with Crippen molar-refractivity contribution in [1.29, 1.82) is 0 Å². The highest BCUT2D eigenvalue weighted by Gasteiger charge is 2.16. The molecule has 0 atom stereocenters. The fourth-order valence-electron chi connectivity index (χ4n) is 3.04. The van der Waals surface area contributed by atoms with Crippen molar-refractivity contribution in [2.24, 2.45) is 0 Å². The van der Waals surface area contributed by atoms with Crippen molar-refractivity contribution in [1.82, 2.24) is 15.1 Å². The van der Waals surface area contributed by atoms with Crippen LogP contribution in [0.1, 0.15) is 55.3 Å². The fourth-order valence-corrected chi connectivity index (χ4v) is 3.31. The van der Waals surface area contributed by atoms with Gasteiger partial charge in [-0.3, -0.25) is 4.79 Å². The first-order valence-corrected chi connectivity index (χ1v) is 9.13. The summed E-state index contributed by atoms with van der Waals surface area (Å²) in [6.45, 7) is 0. The van der Waals surface area contributed by atoms with E-state index in [1.807, 2.05) is 24.3 Å². The first-order valence-electron chi connectivity index (χ1n) is 8.34. The number of carbonyl (C=O) groups excluding carboxylic acids is 1. The second-order valence-electron chi connectivity index (χ2n) is 6.17. The first kappa shape index (κ1) is 16.2. The topological polar surface area (TPSA) is 46.9 Å². The molecular formula is C18H22BrN3O. The molecule has 0 radical (unpaired) electrons. The van der Waals surface area contributed by atoms with Gasteiger partial charge in [0.05, 0.1) is 17.4 Å². The lowest BCUT2D eigenvalue weighted by atomic mass is 9.96. The van der Waals surface area contributed by atoms with Gasteiger partial charge in [0.25, 0.3) is 5.91 Å². The zero-order chi connectivity index (χ0) is 16.1. The van der Waals surface area contributed by atoms with Gasteiger partial charge in [0.2, 0.25) is 0 Å². The molecule has 1 saturated carbocycles. The lowest BCUT2D eigenvalue weighted by molar-refractivity contribution is 0.0930. The summed E-state index contributed by atoms with van der Waals surface area (Å²) in [5, 5.41) is 7.48. The van der Waals surface area contributed by atoms with Crippen LogP contribution in [-0.2, 0) is 0 Å². The van der Waals surface area contributed by atoms with Gasteiger partial charge in [0, 0.05) is 16.7 Å². The molecule has 1 aliphatic rings. The number of amides is 1. The molecule has 2 aromatic rings. The zero-order valence-electron chi connectivity index (χ0n) is 13.2. The van der Waals surface area contributed by atoms with Gasteiger partial charge in [-0.1, -0.05) is 48.0 Å². The lowest BCUT2D eigenvalue weighted by Gasteiger charge is -2.20. The summed E-state index contributed by atoms with van der Waals surface area (Å²) in [6.07, 6.45) is 11.9. The molecule has 4 nitrogen and oxygen atoms in total. The minimum Gasteiger partial charge on any atom is -0.349 e. The first-order chi connectivity index (χ1) is 11.2. The third kappa shape index (κ3) is 4.44. The Morgan fingerprint density at radius 3 is 2.43 bits per heavy atom. The number of carbonyl (C=O) groups is 1. The quantitative estimate of drug-likeness (QED) is 0.859. The molecule has 1 aromatic carbocycles. The highest BCUT2D eigenvalue weighted by atomic mass is 79.9. The van der Waals surface area contributed by atoms with Gasteiger partial charge in [-0.25, -0.2) is 4.68 Å². The molecule has 5 heteroatoms. The van der Waals surface area contributed by atoms with Crippen LogP contribution in [0.4, 0.5) is 0 Å². The average Bonchev–Trinajstić information content (AvgIpc) is 3.00. The van der Waals surface area contributed by atoms with Crippen LogP contribution in [0.15, 0.2) is 41.1 Å². The normalized spacial score (nSPS) is 16.6. The Morgan fingerprint density at radius 2 is 1.74 bits per heavy atom. The molecule has 1 fully saturated rings. The highest BCUT2D eigenvalue weighted by Crippen LogP contribution is 2.18. The number of aromatic nitrogens is 2. The van der Waals surface area contributed by atoms with Crippen LogP contribution in [0.25, 0.3) is 5.69 Å². The Balaban J connectivity index is 1.64. The maximum absolute atomic E-state index is 12.4. The highest BCUT2D eigenvalue weighted by molar-refractivity contribution is 9.10. The molecule has 3 rings (SSSR count). The van der Waals surface area contributed by atoms with Crippen LogP contribution in [0, 0.1) is 0 Å². The Labute approximate surface area is 145 Å². The number of benzene rings is 1. The van der Waals surface area contributed by atoms with Crippen molar-refractivity contribution in [3.05, 3.63) is 46.7 Å². The van der Waals surface area contributed by atoms with Crippen molar-refractivity contribution in [3.63, 3.8) is 0 Å². The molecule has 1 N–H and O–H groups in total. The Bertz CT molecular complexity index is 643. The van der Waals surface area contributed by atoms with Gasteiger partial charge in [-0.2, -0.15) is 5.10 Å². The number of nitrogens with zero attached hydrogens (tertiary/aromatic N) is 2. The van der Waals surface area contributed by atoms with E-state index in [1.165, 1.54) is 32.1 Å². The van der Waals surface area contributed by atoms with E-state index in [2.05, 4.69) is 26.3 Å². The molecule has 0 bridgehead atoms. The molecule has 1 aliphatic carbocycles. The lowest BCUT2D eigenvalue weighted by Crippen LogP contribution is -2.35. The fraction of sp³-hybridized carbons (Fsp3) is 0.444. The van der Waals surface area contributed by atoms with Crippen molar-refractivity contribution in [2.45, 2.75) is 51.0 Å². The standard InChI is InChI=1S/C18H22BrN3O/c19-15-8-10-17(11-9-15)22-13-14(12-20-22)18(23)21-16-6-4-2-1-3-5-7-16/h8-13,16H,1-7H2,(H,21,23). The predicted octanol–water partition coefficient (Wildman–Crippen LogP) is 4.48. The monoisotopic (exact) mass is 375 g/mol. The summed E-state index contributed by atoms with van der Waals surface area (Å²) in [5.74, 6) is -0.0149. The number of hydrogen-bond donors (Lipinski definition) is 1. The Morgan fingerprint density at radius 1 is 1.09 bits per heavy atom. The number of halogens is 1. The number of hydrogen-bond acceptors (Lipinski definition) is 2. The molecular weight excluding hydrogens is 354 g/mol. The van der Waals surface area contributed by atoms with E-state index < -0.39 is 0 Å². The summed E-state index contributed by atoms with van der Waals surface area (Å²) < 4.78 is 2.76. The molecule has 1 heterocycles. The average molecular weight is 376 g/mol. The van der Waals surface area contributed by atoms with E-state index >= 15 is 0 Å². The van der Waals surface area contributed by atoms with Gasteiger partial charge in [-0.15, -0.1) is 0 Å². The summed E-state index contributed by atoms with van der Waals surface area (Å²) in [5.41, 5.74) is 1.56. The maximum atomic E-state index is 12.4. The largest absolute Gasteiger partial charge is 0.349 e. The summed E-state index contributed by atoms with van der Waals surface area (Å²) >= 11 is 3.42. The summed E-state index contributed by atoms with van der Waals surface area (Å²) in [4.78, 5) is 12.4. The minimum absolute atomic E-state index is 0.0149. The minimum atomic E-state index is -0.0149. The van der Waals surface area contributed by atoms with Crippen LogP contribution in [0.2, 0.25) is 0 Å². The predicted molar refractivity (Wildman–Crippen MR) is 94.8 cm³/mol. The van der Waals surface area contributed by atoms with Gasteiger partial charge in [-0.05, 0) is 37.1 Å². The molecule has 23 heavy (non-hydrogen) atoms. The van der Waals surface area contributed by atoms with Crippen molar-refractivity contribution < 1.29 is 4.79 Å². The van der Waals surface area contributed by atoms with E-state index in [9.17, 15) is 4.79 Å². The Kier molecular flexibility index (Phi) is 5.49. The van der Waals surface area contributed by atoms with Crippen LogP contribution in [0.5, 0.6) is 0 Å². The SMILES string of the molecule is O=C(NC1CCCCCCC1)c1cnn(-c2ccc(Br)cc2)c1.